The Morgan fingerprint density at radius 3 is 2.43 bits per heavy atom. The molecule has 1 heterocycles. The highest BCUT2D eigenvalue weighted by Crippen LogP contribution is 2.25. The molecule has 9 heteroatoms. The fraction of sp³-hybridized carbons (Fsp3) is 0.190. The topological polar surface area (TPSA) is 114 Å². The molecular formula is C21H23FN6O2. The number of hydrogen-bond acceptors (Lipinski definition) is 7. The van der Waals surface area contributed by atoms with Gasteiger partial charge in [-0.2, -0.15) is 4.98 Å². The van der Waals surface area contributed by atoms with Gasteiger partial charge in [0.1, 0.15) is 11.4 Å². The highest BCUT2D eigenvalue weighted by atomic mass is 19.1. The molecule has 0 aliphatic heterocycles. The average molecular weight is 410 g/mol. The Morgan fingerprint density at radius 2 is 1.73 bits per heavy atom. The first-order chi connectivity index (χ1) is 14.2. The second kappa shape index (κ2) is 8.64. The summed E-state index contributed by atoms with van der Waals surface area (Å²) in [6.45, 7) is 5.38. The molecular weight excluding hydrogens is 387 g/mol. The zero-order chi connectivity index (χ0) is 21.7. The van der Waals surface area contributed by atoms with Crippen LogP contribution >= 0.6 is 0 Å². The molecule has 3 aromatic rings. The molecule has 8 nitrogen and oxygen atoms in total. The summed E-state index contributed by atoms with van der Waals surface area (Å²) in [6, 6.07) is 12.9. The average Bonchev–Trinajstić information content (AvgIpc) is 2.65. The molecule has 0 radical (unpaired) electrons. The molecule has 3 rings (SSSR count). The predicted molar refractivity (Wildman–Crippen MR) is 116 cm³/mol. The summed E-state index contributed by atoms with van der Waals surface area (Å²) in [7, 11) is 0. The Bertz CT molecular complexity index is 1030. The fourth-order valence-electron chi connectivity index (χ4n) is 2.45. The first-order valence-electron chi connectivity index (χ1n) is 9.20. The molecule has 0 saturated heterocycles. The third-order valence-corrected chi connectivity index (χ3v) is 3.69. The highest BCUT2D eigenvalue weighted by Gasteiger charge is 2.16. The van der Waals surface area contributed by atoms with Crippen molar-refractivity contribution in [2.24, 2.45) is 0 Å². The van der Waals surface area contributed by atoms with Crippen LogP contribution in [0.3, 0.4) is 0 Å². The van der Waals surface area contributed by atoms with Crippen LogP contribution in [0.5, 0.6) is 0 Å². The Balaban J connectivity index is 1.72. The largest absolute Gasteiger partial charge is 0.444 e. The summed E-state index contributed by atoms with van der Waals surface area (Å²) in [4.78, 5) is 20.5. The molecule has 0 atom stereocenters. The lowest BCUT2D eigenvalue weighted by Gasteiger charge is -2.19. The van der Waals surface area contributed by atoms with E-state index in [1.807, 2.05) is 0 Å². The zero-order valence-electron chi connectivity index (χ0n) is 16.9. The number of carbonyl (C=O) groups excluding carboxylic acids is 1. The number of amides is 1. The van der Waals surface area contributed by atoms with Crippen molar-refractivity contribution in [1.29, 1.82) is 0 Å². The van der Waals surface area contributed by atoms with Gasteiger partial charge in [-0.15, -0.1) is 0 Å². The molecule has 0 aliphatic rings. The first kappa shape index (κ1) is 20.8. The minimum Gasteiger partial charge on any atom is -0.444 e. The van der Waals surface area contributed by atoms with E-state index in [1.54, 1.807) is 57.2 Å². The number of rotatable bonds is 5. The number of ether oxygens (including phenoxy) is 1. The summed E-state index contributed by atoms with van der Waals surface area (Å²) in [5.74, 6) is 0.339. The van der Waals surface area contributed by atoms with Crippen LogP contribution < -0.4 is 21.7 Å². The van der Waals surface area contributed by atoms with Gasteiger partial charge in [-0.3, -0.25) is 5.32 Å². The van der Waals surface area contributed by atoms with E-state index in [1.165, 1.54) is 18.3 Å². The molecule has 5 N–H and O–H groups in total. The van der Waals surface area contributed by atoms with Gasteiger partial charge in [-0.1, -0.05) is 6.07 Å². The monoisotopic (exact) mass is 410 g/mol. The van der Waals surface area contributed by atoms with Crippen LogP contribution in [0.2, 0.25) is 0 Å². The van der Waals surface area contributed by atoms with Gasteiger partial charge >= 0.3 is 6.09 Å². The minimum atomic E-state index is -0.594. The van der Waals surface area contributed by atoms with Crippen molar-refractivity contribution >= 4 is 40.6 Å². The Kier molecular flexibility index (Phi) is 6.01. The van der Waals surface area contributed by atoms with Crippen molar-refractivity contribution in [1.82, 2.24) is 9.97 Å². The molecule has 30 heavy (non-hydrogen) atoms. The summed E-state index contributed by atoms with van der Waals surface area (Å²) in [5.41, 5.74) is 7.57. The number of anilines is 6. The molecule has 0 spiro atoms. The maximum absolute atomic E-state index is 13.1. The summed E-state index contributed by atoms with van der Waals surface area (Å²) >= 11 is 0. The Hall–Kier alpha value is -3.88. The molecule has 0 unspecified atom stereocenters. The molecule has 0 aliphatic carbocycles. The van der Waals surface area contributed by atoms with E-state index in [0.29, 0.717) is 34.5 Å². The van der Waals surface area contributed by atoms with Crippen LogP contribution in [0.15, 0.2) is 54.7 Å². The van der Waals surface area contributed by atoms with E-state index in [9.17, 15) is 9.18 Å². The minimum absolute atomic E-state index is 0.293. The number of hydrogen-bond donors (Lipinski definition) is 4. The van der Waals surface area contributed by atoms with E-state index >= 15 is 0 Å². The number of halogens is 1. The first-order valence-corrected chi connectivity index (χ1v) is 9.20. The quantitative estimate of drug-likeness (QED) is 0.466. The number of aromatic nitrogens is 2. The van der Waals surface area contributed by atoms with Crippen LogP contribution in [0.25, 0.3) is 0 Å². The third kappa shape index (κ3) is 6.06. The van der Waals surface area contributed by atoms with Crippen LogP contribution in [0, 0.1) is 5.82 Å². The van der Waals surface area contributed by atoms with Crippen molar-refractivity contribution in [3.05, 3.63) is 60.5 Å². The van der Waals surface area contributed by atoms with E-state index < -0.39 is 11.7 Å². The lowest BCUT2D eigenvalue weighted by Crippen LogP contribution is -2.27. The van der Waals surface area contributed by atoms with Crippen LogP contribution in [0.1, 0.15) is 20.8 Å². The number of nitrogens with zero attached hydrogens (tertiary/aromatic N) is 2. The van der Waals surface area contributed by atoms with Gasteiger partial charge in [-0.25, -0.2) is 14.2 Å². The van der Waals surface area contributed by atoms with Crippen molar-refractivity contribution in [2.75, 3.05) is 21.7 Å². The molecule has 1 aromatic heterocycles. The van der Waals surface area contributed by atoms with Gasteiger partial charge in [0.2, 0.25) is 5.95 Å². The van der Waals surface area contributed by atoms with Gasteiger partial charge < -0.3 is 21.1 Å². The predicted octanol–water partition coefficient (Wildman–Crippen LogP) is 5.03. The number of nitrogens with one attached hydrogen (secondary N) is 3. The van der Waals surface area contributed by atoms with E-state index in [0.717, 1.165) is 0 Å². The number of nitrogens with two attached hydrogens (primary N) is 1. The van der Waals surface area contributed by atoms with Crippen LogP contribution in [-0.2, 0) is 4.74 Å². The second-order valence-corrected chi connectivity index (χ2v) is 7.46. The zero-order valence-corrected chi connectivity index (χ0v) is 16.9. The van der Waals surface area contributed by atoms with Gasteiger partial charge in [0.25, 0.3) is 0 Å². The Labute approximate surface area is 173 Å². The van der Waals surface area contributed by atoms with Gasteiger partial charge in [0, 0.05) is 17.1 Å². The Morgan fingerprint density at radius 1 is 1.03 bits per heavy atom. The molecule has 2 aromatic carbocycles. The molecule has 0 saturated carbocycles. The lowest BCUT2D eigenvalue weighted by molar-refractivity contribution is 0.0636. The maximum atomic E-state index is 13.1. The molecule has 156 valence electrons. The third-order valence-electron chi connectivity index (χ3n) is 3.69. The van der Waals surface area contributed by atoms with E-state index in [2.05, 4.69) is 25.9 Å². The second-order valence-electron chi connectivity index (χ2n) is 7.46. The fourth-order valence-corrected chi connectivity index (χ4v) is 2.45. The maximum Gasteiger partial charge on any atom is 0.412 e. The summed E-state index contributed by atoms with van der Waals surface area (Å²) < 4.78 is 18.3. The van der Waals surface area contributed by atoms with E-state index in [4.69, 9.17) is 10.5 Å². The van der Waals surface area contributed by atoms with Gasteiger partial charge in [-0.05, 0) is 63.2 Å². The van der Waals surface area contributed by atoms with Crippen LogP contribution in [-0.4, -0.2) is 21.7 Å². The number of carbonyl (C=O) groups is 1. The normalized spacial score (nSPS) is 10.9. The molecule has 1 amide bonds. The van der Waals surface area contributed by atoms with Crippen molar-refractivity contribution in [3.63, 3.8) is 0 Å². The summed E-state index contributed by atoms with van der Waals surface area (Å²) in [5, 5.41) is 8.77. The van der Waals surface area contributed by atoms with E-state index in [-0.39, 0.29) is 5.82 Å². The van der Waals surface area contributed by atoms with Crippen LogP contribution in [0.4, 0.5) is 43.7 Å². The van der Waals surface area contributed by atoms with Gasteiger partial charge in [0.05, 0.1) is 11.9 Å². The van der Waals surface area contributed by atoms with Crippen molar-refractivity contribution < 1.29 is 13.9 Å². The number of nitrogen functional groups attached to an aromatic ring is 1. The van der Waals surface area contributed by atoms with Gasteiger partial charge in [0.15, 0.2) is 5.82 Å². The number of benzene rings is 2. The molecule has 0 fully saturated rings. The lowest BCUT2D eigenvalue weighted by atomic mass is 10.2. The SMILES string of the molecule is CC(C)(C)OC(=O)Nc1cccc(Nc2nc(Nc3ccc(F)cc3)ncc2N)c1. The van der Waals surface area contributed by atoms with Crippen molar-refractivity contribution in [3.8, 4) is 0 Å². The molecule has 0 bridgehead atoms. The standard InChI is InChI=1S/C21H23FN6O2/c1-21(2,3)30-20(29)27-16-6-4-5-15(11-16)25-18-17(23)12-24-19(28-18)26-14-9-7-13(22)8-10-14/h4-12H,23H2,1-3H3,(H,27,29)(H2,24,25,26,28). The summed E-state index contributed by atoms with van der Waals surface area (Å²) in [6.07, 6.45) is 0.913. The highest BCUT2D eigenvalue weighted by molar-refractivity contribution is 5.86. The smallest absolute Gasteiger partial charge is 0.412 e. The van der Waals surface area contributed by atoms with Crippen molar-refractivity contribution in [2.45, 2.75) is 26.4 Å².